The Bertz CT molecular complexity index is 934. The van der Waals surface area contributed by atoms with E-state index in [1.807, 2.05) is 56.3 Å². The van der Waals surface area contributed by atoms with Gasteiger partial charge >= 0.3 is 0 Å². The molecule has 0 aliphatic rings. The highest BCUT2D eigenvalue weighted by Gasteiger charge is 2.18. The van der Waals surface area contributed by atoms with Crippen molar-refractivity contribution in [3.8, 4) is 17.1 Å². The van der Waals surface area contributed by atoms with Crippen molar-refractivity contribution in [3.63, 3.8) is 0 Å². The molecule has 1 heterocycles. The average molecular weight is 351 g/mol. The van der Waals surface area contributed by atoms with Gasteiger partial charge in [0.2, 0.25) is 11.7 Å². The molecule has 26 heavy (non-hydrogen) atoms. The maximum absolute atomic E-state index is 12.7. The molecule has 2 aromatic carbocycles. The summed E-state index contributed by atoms with van der Waals surface area (Å²) in [6, 6.07) is 13.3. The molecule has 0 spiro atoms. The van der Waals surface area contributed by atoms with Gasteiger partial charge in [-0.3, -0.25) is 4.79 Å². The van der Waals surface area contributed by atoms with E-state index in [0.29, 0.717) is 17.3 Å². The molecule has 1 amide bonds. The van der Waals surface area contributed by atoms with Gasteiger partial charge in [-0.05, 0) is 37.6 Å². The van der Waals surface area contributed by atoms with E-state index in [9.17, 15) is 4.79 Å². The molecule has 0 radical (unpaired) electrons. The summed E-state index contributed by atoms with van der Waals surface area (Å²) >= 11 is 0. The highest BCUT2D eigenvalue weighted by atomic mass is 16.5. The van der Waals surface area contributed by atoms with Crippen LogP contribution in [0.2, 0.25) is 0 Å². The summed E-state index contributed by atoms with van der Waals surface area (Å²) < 4.78 is 10.5. The number of amides is 1. The number of benzene rings is 2. The smallest absolute Gasteiger partial charge is 0.254 e. The number of methoxy groups -OCH3 is 1. The van der Waals surface area contributed by atoms with Crippen molar-refractivity contribution in [1.29, 1.82) is 0 Å². The molecular formula is C20H21N3O3. The zero-order valence-corrected chi connectivity index (χ0v) is 15.3. The first-order chi connectivity index (χ1) is 12.5. The van der Waals surface area contributed by atoms with Crippen LogP contribution >= 0.6 is 0 Å². The van der Waals surface area contributed by atoms with Crippen LogP contribution in [-0.4, -0.2) is 35.1 Å². The zero-order valence-electron chi connectivity index (χ0n) is 15.3. The third kappa shape index (κ3) is 3.74. The van der Waals surface area contributed by atoms with Crippen molar-refractivity contribution in [2.24, 2.45) is 0 Å². The second-order valence-corrected chi connectivity index (χ2v) is 6.22. The molecule has 0 saturated heterocycles. The van der Waals surface area contributed by atoms with Crippen LogP contribution in [0, 0.1) is 13.8 Å². The molecule has 0 fully saturated rings. The van der Waals surface area contributed by atoms with Crippen LogP contribution < -0.4 is 4.74 Å². The van der Waals surface area contributed by atoms with E-state index in [-0.39, 0.29) is 12.5 Å². The lowest BCUT2D eigenvalue weighted by Gasteiger charge is -2.16. The number of carbonyl (C=O) groups is 1. The van der Waals surface area contributed by atoms with Crippen molar-refractivity contribution < 1.29 is 14.1 Å². The van der Waals surface area contributed by atoms with Gasteiger partial charge in [-0.25, -0.2) is 0 Å². The number of carbonyl (C=O) groups excluding carboxylic acids is 1. The number of ether oxygens (including phenoxy) is 1. The minimum absolute atomic E-state index is 0.0765. The monoisotopic (exact) mass is 351 g/mol. The van der Waals surface area contributed by atoms with Crippen molar-refractivity contribution in [1.82, 2.24) is 15.0 Å². The standard InChI is InChI=1S/C20H21N3O3/c1-13-8-9-14(2)17(10-13)20(24)23(3)12-18-21-19(22-26-18)15-6-5-7-16(11-15)25-4/h5-11H,12H2,1-4H3. The summed E-state index contributed by atoms with van der Waals surface area (Å²) in [6.45, 7) is 4.13. The maximum atomic E-state index is 12.7. The van der Waals surface area contributed by atoms with Crippen LogP contribution in [0.3, 0.4) is 0 Å². The predicted octanol–water partition coefficient (Wildman–Crippen LogP) is 3.63. The number of hydrogen-bond acceptors (Lipinski definition) is 5. The van der Waals surface area contributed by atoms with E-state index >= 15 is 0 Å². The number of hydrogen-bond donors (Lipinski definition) is 0. The molecule has 0 N–H and O–H groups in total. The molecular weight excluding hydrogens is 330 g/mol. The van der Waals surface area contributed by atoms with E-state index in [4.69, 9.17) is 9.26 Å². The first-order valence-corrected chi connectivity index (χ1v) is 8.27. The Morgan fingerprint density at radius 1 is 1.19 bits per heavy atom. The van der Waals surface area contributed by atoms with Gasteiger partial charge in [-0.1, -0.05) is 35.0 Å². The van der Waals surface area contributed by atoms with Gasteiger partial charge in [0.1, 0.15) is 5.75 Å². The van der Waals surface area contributed by atoms with Gasteiger partial charge in [-0.15, -0.1) is 0 Å². The first kappa shape index (κ1) is 17.7. The fraction of sp³-hybridized carbons (Fsp3) is 0.250. The number of rotatable bonds is 5. The summed E-state index contributed by atoms with van der Waals surface area (Å²) in [5, 5.41) is 4.00. The van der Waals surface area contributed by atoms with E-state index in [0.717, 1.165) is 22.4 Å². The zero-order chi connectivity index (χ0) is 18.7. The van der Waals surface area contributed by atoms with Gasteiger partial charge < -0.3 is 14.2 Å². The third-order valence-electron chi connectivity index (χ3n) is 4.14. The minimum Gasteiger partial charge on any atom is -0.497 e. The highest BCUT2D eigenvalue weighted by Crippen LogP contribution is 2.22. The number of aromatic nitrogens is 2. The van der Waals surface area contributed by atoms with Crippen LogP contribution in [-0.2, 0) is 6.54 Å². The maximum Gasteiger partial charge on any atom is 0.254 e. The molecule has 0 atom stereocenters. The number of nitrogens with zero attached hydrogens (tertiary/aromatic N) is 3. The largest absolute Gasteiger partial charge is 0.497 e. The Kier molecular flexibility index (Phi) is 5.02. The minimum atomic E-state index is -0.0765. The topological polar surface area (TPSA) is 68.5 Å². The van der Waals surface area contributed by atoms with E-state index in [2.05, 4.69) is 10.1 Å². The molecule has 0 aliphatic carbocycles. The molecule has 0 unspecified atom stereocenters. The van der Waals surface area contributed by atoms with Crippen molar-refractivity contribution in [2.45, 2.75) is 20.4 Å². The summed E-state index contributed by atoms with van der Waals surface area (Å²) in [7, 11) is 3.33. The molecule has 3 aromatic rings. The second kappa shape index (κ2) is 7.39. The van der Waals surface area contributed by atoms with Gasteiger partial charge in [0.25, 0.3) is 5.91 Å². The van der Waals surface area contributed by atoms with Gasteiger partial charge in [-0.2, -0.15) is 4.98 Å². The lowest BCUT2D eigenvalue weighted by Crippen LogP contribution is -2.27. The molecule has 0 saturated carbocycles. The fourth-order valence-corrected chi connectivity index (χ4v) is 2.65. The van der Waals surface area contributed by atoms with Gasteiger partial charge in [0, 0.05) is 18.2 Å². The second-order valence-electron chi connectivity index (χ2n) is 6.22. The summed E-state index contributed by atoms with van der Waals surface area (Å²) in [4.78, 5) is 18.7. The average Bonchev–Trinajstić information content (AvgIpc) is 3.11. The Morgan fingerprint density at radius 2 is 2.00 bits per heavy atom. The van der Waals surface area contributed by atoms with Crippen molar-refractivity contribution in [2.75, 3.05) is 14.2 Å². The quantitative estimate of drug-likeness (QED) is 0.702. The lowest BCUT2D eigenvalue weighted by molar-refractivity contribution is 0.0768. The van der Waals surface area contributed by atoms with Gasteiger partial charge in [0.05, 0.1) is 13.7 Å². The first-order valence-electron chi connectivity index (χ1n) is 8.27. The summed E-state index contributed by atoms with van der Waals surface area (Å²) in [5.41, 5.74) is 3.46. The molecule has 0 aliphatic heterocycles. The molecule has 6 nitrogen and oxygen atoms in total. The summed E-state index contributed by atoms with van der Waals surface area (Å²) in [5.74, 6) is 1.49. The van der Waals surface area contributed by atoms with Crippen molar-refractivity contribution >= 4 is 5.91 Å². The Hall–Kier alpha value is -3.15. The SMILES string of the molecule is COc1cccc(-c2noc(CN(C)C(=O)c3cc(C)ccc3C)n2)c1. The van der Waals surface area contributed by atoms with E-state index < -0.39 is 0 Å². The molecule has 3 rings (SSSR count). The molecule has 0 bridgehead atoms. The van der Waals surface area contributed by atoms with Crippen LogP contribution in [0.1, 0.15) is 27.4 Å². The predicted molar refractivity (Wildman–Crippen MR) is 98.0 cm³/mol. The van der Waals surface area contributed by atoms with E-state index in [1.165, 1.54) is 0 Å². The van der Waals surface area contributed by atoms with Crippen molar-refractivity contribution in [3.05, 3.63) is 65.0 Å². The van der Waals surface area contributed by atoms with Crippen LogP contribution in [0.15, 0.2) is 47.0 Å². The van der Waals surface area contributed by atoms with Crippen LogP contribution in [0.25, 0.3) is 11.4 Å². The summed E-state index contributed by atoms with van der Waals surface area (Å²) in [6.07, 6.45) is 0. The van der Waals surface area contributed by atoms with Crippen LogP contribution in [0.4, 0.5) is 0 Å². The Balaban J connectivity index is 1.76. The number of aryl methyl sites for hydroxylation is 2. The normalized spacial score (nSPS) is 10.6. The molecule has 1 aromatic heterocycles. The highest BCUT2D eigenvalue weighted by molar-refractivity contribution is 5.95. The Labute approximate surface area is 152 Å². The van der Waals surface area contributed by atoms with E-state index in [1.54, 1.807) is 19.1 Å². The van der Waals surface area contributed by atoms with Gasteiger partial charge in [0.15, 0.2) is 0 Å². The molecule has 6 heteroatoms. The third-order valence-corrected chi connectivity index (χ3v) is 4.14. The Morgan fingerprint density at radius 3 is 2.77 bits per heavy atom. The lowest BCUT2D eigenvalue weighted by atomic mass is 10.0. The fourth-order valence-electron chi connectivity index (χ4n) is 2.65. The molecule has 134 valence electrons. The van der Waals surface area contributed by atoms with Crippen LogP contribution in [0.5, 0.6) is 5.75 Å².